The molecule has 0 aromatic carbocycles. The Labute approximate surface area is 252 Å². The summed E-state index contributed by atoms with van der Waals surface area (Å²) in [7, 11) is 1.57. The molecule has 8 nitrogen and oxygen atoms in total. The SMILES string of the molecule is CCCCCCCCCCC/C=C/[C@@H](O)[C@H](COP(=O)(O)OCC[N+](C)(C)C)NC(=O)CCCCCCCCCC. The number of aliphatic hydroxyl groups is 1. The van der Waals surface area contributed by atoms with Crippen molar-refractivity contribution in [1.82, 2.24) is 5.32 Å². The Hall–Kier alpha value is -0.760. The summed E-state index contributed by atoms with van der Waals surface area (Å²) in [6, 6.07) is -0.835. The zero-order valence-corrected chi connectivity index (χ0v) is 28.2. The number of hydrogen-bond acceptors (Lipinski definition) is 5. The molecule has 0 radical (unpaired) electrons. The molecule has 41 heavy (non-hydrogen) atoms. The van der Waals surface area contributed by atoms with Gasteiger partial charge in [0.2, 0.25) is 5.91 Å². The topological polar surface area (TPSA) is 105 Å². The molecule has 0 spiro atoms. The van der Waals surface area contributed by atoms with Crippen LogP contribution < -0.4 is 5.32 Å². The highest BCUT2D eigenvalue weighted by Crippen LogP contribution is 2.43. The third-order valence-corrected chi connectivity index (χ3v) is 8.24. The molecule has 0 saturated heterocycles. The maximum absolute atomic E-state index is 12.6. The van der Waals surface area contributed by atoms with E-state index in [0.29, 0.717) is 17.4 Å². The molecule has 0 saturated carbocycles. The first kappa shape index (κ1) is 40.2. The van der Waals surface area contributed by atoms with E-state index in [1.165, 1.54) is 77.0 Å². The molecule has 3 N–H and O–H groups in total. The van der Waals surface area contributed by atoms with E-state index in [1.807, 2.05) is 27.2 Å². The van der Waals surface area contributed by atoms with Gasteiger partial charge in [0.15, 0.2) is 0 Å². The number of rotatable bonds is 29. The summed E-state index contributed by atoms with van der Waals surface area (Å²) < 4.78 is 23.3. The van der Waals surface area contributed by atoms with Crippen LogP contribution in [0, 0.1) is 0 Å². The van der Waals surface area contributed by atoms with Crippen LogP contribution in [-0.2, 0) is 18.4 Å². The number of unbranched alkanes of at least 4 members (excludes halogenated alkanes) is 16. The van der Waals surface area contributed by atoms with Gasteiger partial charge >= 0.3 is 7.82 Å². The minimum Gasteiger partial charge on any atom is -0.387 e. The second-order valence-electron chi connectivity index (χ2n) is 12.5. The molecule has 0 aliphatic heterocycles. The van der Waals surface area contributed by atoms with Gasteiger partial charge < -0.3 is 19.8 Å². The van der Waals surface area contributed by atoms with E-state index in [1.54, 1.807) is 6.08 Å². The largest absolute Gasteiger partial charge is 0.472 e. The molecule has 0 bridgehead atoms. The van der Waals surface area contributed by atoms with Crippen LogP contribution in [0.5, 0.6) is 0 Å². The summed E-state index contributed by atoms with van der Waals surface area (Å²) in [4.78, 5) is 22.8. The first-order valence-corrected chi connectivity index (χ1v) is 18.1. The lowest BCUT2D eigenvalue weighted by Crippen LogP contribution is -2.45. The Morgan fingerprint density at radius 1 is 0.805 bits per heavy atom. The molecule has 244 valence electrons. The summed E-state index contributed by atoms with van der Waals surface area (Å²) in [5.74, 6) is -0.185. The molecule has 0 aliphatic rings. The van der Waals surface area contributed by atoms with E-state index >= 15 is 0 Å². The van der Waals surface area contributed by atoms with Crippen molar-refractivity contribution in [3.63, 3.8) is 0 Å². The molecular formula is C32H66N2O6P+. The van der Waals surface area contributed by atoms with Crippen molar-refractivity contribution in [2.45, 2.75) is 148 Å². The van der Waals surface area contributed by atoms with Gasteiger partial charge in [0.05, 0.1) is 39.9 Å². The van der Waals surface area contributed by atoms with Crippen molar-refractivity contribution >= 4 is 13.7 Å². The van der Waals surface area contributed by atoms with Gasteiger partial charge in [0.1, 0.15) is 13.2 Å². The average Bonchev–Trinajstić information content (AvgIpc) is 2.90. The smallest absolute Gasteiger partial charge is 0.387 e. The van der Waals surface area contributed by atoms with Crippen molar-refractivity contribution in [2.75, 3.05) is 40.9 Å². The number of carbonyl (C=O) groups excluding carboxylic acids is 1. The van der Waals surface area contributed by atoms with Crippen molar-refractivity contribution in [3.8, 4) is 0 Å². The lowest BCUT2D eigenvalue weighted by atomic mass is 10.1. The van der Waals surface area contributed by atoms with Crippen LogP contribution in [0.3, 0.4) is 0 Å². The molecule has 9 heteroatoms. The van der Waals surface area contributed by atoms with E-state index in [-0.39, 0.29) is 19.1 Å². The van der Waals surface area contributed by atoms with E-state index in [2.05, 4.69) is 19.2 Å². The number of aliphatic hydroxyl groups excluding tert-OH is 1. The second-order valence-corrected chi connectivity index (χ2v) is 14.0. The minimum atomic E-state index is -4.31. The number of nitrogens with zero attached hydrogens (tertiary/aromatic N) is 1. The zero-order chi connectivity index (χ0) is 30.8. The Kier molecular flexibility index (Phi) is 25.2. The normalized spacial score (nSPS) is 15.2. The van der Waals surface area contributed by atoms with Crippen LogP contribution in [0.2, 0.25) is 0 Å². The maximum atomic E-state index is 12.6. The molecule has 0 fully saturated rings. The highest BCUT2D eigenvalue weighted by atomic mass is 31.2. The van der Waals surface area contributed by atoms with E-state index in [0.717, 1.165) is 38.5 Å². The summed E-state index contributed by atoms with van der Waals surface area (Å²) in [6.45, 7) is 4.73. The number of phosphoric acid groups is 1. The van der Waals surface area contributed by atoms with Gasteiger partial charge in [-0.3, -0.25) is 13.8 Å². The Balaban J connectivity index is 4.65. The van der Waals surface area contributed by atoms with Gasteiger partial charge in [-0.15, -0.1) is 0 Å². The zero-order valence-electron chi connectivity index (χ0n) is 27.3. The quantitative estimate of drug-likeness (QED) is 0.0350. The van der Waals surface area contributed by atoms with Crippen molar-refractivity contribution in [1.29, 1.82) is 0 Å². The molecule has 0 aromatic heterocycles. The fourth-order valence-electron chi connectivity index (χ4n) is 4.51. The van der Waals surface area contributed by atoms with Gasteiger partial charge in [-0.05, 0) is 19.3 Å². The van der Waals surface area contributed by atoms with Gasteiger partial charge in [-0.2, -0.15) is 0 Å². The molecule has 0 aliphatic carbocycles. The van der Waals surface area contributed by atoms with E-state index < -0.39 is 20.0 Å². The monoisotopic (exact) mass is 605 g/mol. The summed E-state index contributed by atoms with van der Waals surface area (Å²) in [6.07, 6.45) is 24.2. The predicted molar refractivity (Wildman–Crippen MR) is 171 cm³/mol. The lowest BCUT2D eigenvalue weighted by molar-refractivity contribution is -0.870. The molecular weight excluding hydrogens is 539 g/mol. The molecule has 0 rings (SSSR count). The van der Waals surface area contributed by atoms with Crippen LogP contribution in [0.4, 0.5) is 0 Å². The number of carbonyl (C=O) groups is 1. The standard InChI is InChI=1S/C32H65N2O6P/c1-6-8-10-12-14-16-17-18-19-21-23-25-31(35)30(29-40-41(37,38)39-28-27-34(3,4)5)33-32(36)26-24-22-20-15-13-11-9-7-2/h23,25,30-31,35H,6-22,24,26-29H2,1-5H3,(H-,33,36,37,38)/p+1/b25-23+/t30-,31+/m0/s1. The highest BCUT2D eigenvalue weighted by Gasteiger charge is 2.27. The fraction of sp³-hybridized carbons (Fsp3) is 0.906. The summed E-state index contributed by atoms with van der Waals surface area (Å²) >= 11 is 0. The van der Waals surface area contributed by atoms with Crippen LogP contribution >= 0.6 is 7.82 Å². The number of nitrogens with one attached hydrogen (secondary N) is 1. The van der Waals surface area contributed by atoms with E-state index in [4.69, 9.17) is 9.05 Å². The third-order valence-electron chi connectivity index (χ3n) is 7.26. The first-order valence-electron chi connectivity index (χ1n) is 16.6. The molecule has 3 atom stereocenters. The molecule has 1 amide bonds. The number of hydrogen-bond donors (Lipinski definition) is 3. The summed E-state index contributed by atoms with van der Waals surface area (Å²) in [5.41, 5.74) is 0. The lowest BCUT2D eigenvalue weighted by Gasteiger charge is -2.25. The number of quaternary nitrogens is 1. The third kappa shape index (κ3) is 27.8. The summed E-state index contributed by atoms with van der Waals surface area (Å²) in [5, 5.41) is 13.6. The van der Waals surface area contributed by atoms with Crippen LogP contribution in [0.25, 0.3) is 0 Å². The number of likely N-dealkylation sites (N-methyl/N-ethyl adjacent to an activating group) is 1. The Morgan fingerprint density at radius 2 is 1.29 bits per heavy atom. The minimum absolute atomic E-state index is 0.0634. The highest BCUT2D eigenvalue weighted by molar-refractivity contribution is 7.47. The predicted octanol–water partition coefficient (Wildman–Crippen LogP) is 7.68. The molecule has 0 heterocycles. The average molecular weight is 606 g/mol. The van der Waals surface area contributed by atoms with Gasteiger partial charge in [-0.25, -0.2) is 4.57 Å². The molecule has 0 aromatic rings. The Bertz CT molecular complexity index is 698. The van der Waals surface area contributed by atoms with Crippen molar-refractivity contribution in [2.24, 2.45) is 0 Å². The van der Waals surface area contributed by atoms with E-state index in [9.17, 15) is 19.4 Å². The number of amides is 1. The van der Waals surface area contributed by atoms with Crippen LogP contribution in [0.15, 0.2) is 12.2 Å². The van der Waals surface area contributed by atoms with Crippen molar-refractivity contribution in [3.05, 3.63) is 12.2 Å². The van der Waals surface area contributed by atoms with Gasteiger partial charge in [0.25, 0.3) is 0 Å². The van der Waals surface area contributed by atoms with Gasteiger partial charge in [-0.1, -0.05) is 122 Å². The second kappa shape index (κ2) is 25.7. The van der Waals surface area contributed by atoms with Crippen LogP contribution in [-0.4, -0.2) is 73.4 Å². The first-order chi connectivity index (χ1) is 19.5. The number of allylic oxidation sites excluding steroid dienone is 1. The number of phosphoric ester groups is 1. The fourth-order valence-corrected chi connectivity index (χ4v) is 5.24. The van der Waals surface area contributed by atoms with Crippen LogP contribution in [0.1, 0.15) is 136 Å². The molecule has 1 unspecified atom stereocenters. The Morgan fingerprint density at radius 3 is 1.80 bits per heavy atom. The van der Waals surface area contributed by atoms with Crippen molar-refractivity contribution < 1.29 is 32.9 Å². The van der Waals surface area contributed by atoms with Gasteiger partial charge in [0, 0.05) is 6.42 Å². The maximum Gasteiger partial charge on any atom is 0.472 e.